The van der Waals surface area contributed by atoms with Crippen LogP contribution in [0.3, 0.4) is 0 Å². The van der Waals surface area contributed by atoms with Crippen LogP contribution < -0.4 is 0 Å². The molecule has 2 aromatic heterocycles. The molecular formula is C14H11N3O2. The number of esters is 1. The van der Waals surface area contributed by atoms with Crippen LogP contribution in [-0.2, 0) is 4.74 Å². The number of imidazole rings is 1. The fourth-order valence-corrected chi connectivity index (χ4v) is 1.93. The van der Waals surface area contributed by atoms with Gasteiger partial charge in [-0.15, -0.1) is 0 Å². The summed E-state index contributed by atoms with van der Waals surface area (Å²) in [5, 5.41) is 0. The standard InChI is InChI=1S/C14H11N3O2/c1-19-14(18)10-5-6-11-12(8-10)17(9-16-11)13-4-2-3-7-15-13/h2-9H,1H3. The minimum Gasteiger partial charge on any atom is -0.465 e. The average molecular weight is 253 g/mol. The molecule has 94 valence electrons. The van der Waals surface area contributed by atoms with Gasteiger partial charge in [0.2, 0.25) is 0 Å². The summed E-state index contributed by atoms with van der Waals surface area (Å²) in [6.07, 6.45) is 3.40. The molecule has 0 saturated heterocycles. The number of pyridine rings is 1. The quantitative estimate of drug-likeness (QED) is 0.657. The van der Waals surface area contributed by atoms with Gasteiger partial charge in [0.05, 0.1) is 23.7 Å². The molecule has 0 spiro atoms. The van der Waals surface area contributed by atoms with E-state index in [4.69, 9.17) is 4.74 Å². The molecule has 2 heterocycles. The van der Waals surface area contributed by atoms with Crippen molar-refractivity contribution in [2.75, 3.05) is 7.11 Å². The summed E-state index contributed by atoms with van der Waals surface area (Å²) in [6, 6.07) is 10.9. The predicted octanol–water partition coefficient (Wildman–Crippen LogP) is 2.21. The normalized spacial score (nSPS) is 10.6. The second-order valence-corrected chi connectivity index (χ2v) is 4.00. The number of carbonyl (C=O) groups is 1. The van der Waals surface area contributed by atoms with Crippen molar-refractivity contribution in [2.24, 2.45) is 0 Å². The van der Waals surface area contributed by atoms with Crippen LogP contribution in [0, 0.1) is 0 Å². The van der Waals surface area contributed by atoms with Crippen LogP contribution in [0.5, 0.6) is 0 Å². The van der Waals surface area contributed by atoms with Gasteiger partial charge in [0.15, 0.2) is 0 Å². The zero-order chi connectivity index (χ0) is 13.2. The number of methoxy groups -OCH3 is 1. The number of carbonyl (C=O) groups excluding carboxylic acids is 1. The lowest BCUT2D eigenvalue weighted by molar-refractivity contribution is 0.0601. The van der Waals surface area contributed by atoms with E-state index in [9.17, 15) is 4.79 Å². The van der Waals surface area contributed by atoms with Gasteiger partial charge >= 0.3 is 5.97 Å². The van der Waals surface area contributed by atoms with Gasteiger partial charge in [-0.2, -0.15) is 0 Å². The first kappa shape index (κ1) is 11.4. The van der Waals surface area contributed by atoms with Crippen molar-refractivity contribution in [3.05, 3.63) is 54.5 Å². The first-order valence-corrected chi connectivity index (χ1v) is 5.76. The Morgan fingerprint density at radius 2 is 2.11 bits per heavy atom. The molecule has 0 bridgehead atoms. The molecule has 0 radical (unpaired) electrons. The highest BCUT2D eigenvalue weighted by Crippen LogP contribution is 2.18. The van der Waals surface area contributed by atoms with Crippen LogP contribution in [0.4, 0.5) is 0 Å². The number of aromatic nitrogens is 3. The maximum absolute atomic E-state index is 11.6. The van der Waals surface area contributed by atoms with Gasteiger partial charge in [0.25, 0.3) is 0 Å². The Labute approximate surface area is 109 Å². The topological polar surface area (TPSA) is 57.0 Å². The number of nitrogens with zero attached hydrogens (tertiary/aromatic N) is 3. The lowest BCUT2D eigenvalue weighted by Crippen LogP contribution is -2.01. The number of ether oxygens (including phenoxy) is 1. The van der Waals surface area contributed by atoms with Crippen molar-refractivity contribution in [3.8, 4) is 5.82 Å². The SMILES string of the molecule is COC(=O)c1ccc2ncn(-c3ccccn3)c2c1. The third-order valence-electron chi connectivity index (χ3n) is 2.86. The van der Waals surface area contributed by atoms with Crippen molar-refractivity contribution >= 4 is 17.0 Å². The molecule has 0 aliphatic rings. The lowest BCUT2D eigenvalue weighted by atomic mass is 10.2. The molecule has 1 aromatic carbocycles. The van der Waals surface area contributed by atoms with E-state index in [1.54, 1.807) is 30.7 Å². The lowest BCUT2D eigenvalue weighted by Gasteiger charge is -2.04. The van der Waals surface area contributed by atoms with Crippen LogP contribution in [0.1, 0.15) is 10.4 Å². The van der Waals surface area contributed by atoms with Crippen molar-refractivity contribution in [1.29, 1.82) is 0 Å². The van der Waals surface area contributed by atoms with Crippen LogP contribution in [0.2, 0.25) is 0 Å². The van der Waals surface area contributed by atoms with E-state index in [2.05, 4.69) is 9.97 Å². The molecule has 0 aliphatic heterocycles. The summed E-state index contributed by atoms with van der Waals surface area (Å²) >= 11 is 0. The van der Waals surface area contributed by atoms with Crippen LogP contribution in [0.25, 0.3) is 16.9 Å². The highest BCUT2D eigenvalue weighted by molar-refractivity contribution is 5.93. The monoisotopic (exact) mass is 253 g/mol. The molecule has 3 aromatic rings. The average Bonchev–Trinajstić information content (AvgIpc) is 2.90. The van der Waals surface area contributed by atoms with E-state index < -0.39 is 0 Å². The summed E-state index contributed by atoms with van der Waals surface area (Å²) in [7, 11) is 1.36. The zero-order valence-corrected chi connectivity index (χ0v) is 10.3. The Balaban J connectivity index is 2.19. The molecule has 0 N–H and O–H groups in total. The van der Waals surface area contributed by atoms with Gasteiger partial charge in [-0.05, 0) is 30.3 Å². The number of rotatable bonds is 2. The maximum atomic E-state index is 11.6. The second kappa shape index (κ2) is 4.53. The first-order chi connectivity index (χ1) is 9.29. The molecule has 0 fully saturated rings. The summed E-state index contributed by atoms with van der Waals surface area (Å²) in [5.41, 5.74) is 2.12. The van der Waals surface area contributed by atoms with Crippen molar-refractivity contribution in [3.63, 3.8) is 0 Å². The van der Waals surface area contributed by atoms with Crippen LogP contribution in [-0.4, -0.2) is 27.6 Å². The second-order valence-electron chi connectivity index (χ2n) is 4.00. The predicted molar refractivity (Wildman–Crippen MR) is 70.2 cm³/mol. The summed E-state index contributed by atoms with van der Waals surface area (Å²) in [6.45, 7) is 0. The van der Waals surface area contributed by atoms with E-state index in [0.717, 1.165) is 16.9 Å². The van der Waals surface area contributed by atoms with Crippen LogP contribution in [0.15, 0.2) is 48.9 Å². The molecule has 0 unspecified atom stereocenters. The number of hydrogen-bond donors (Lipinski definition) is 0. The molecule has 5 heteroatoms. The van der Waals surface area contributed by atoms with Crippen molar-refractivity contribution in [1.82, 2.24) is 14.5 Å². The van der Waals surface area contributed by atoms with Gasteiger partial charge in [0.1, 0.15) is 12.1 Å². The van der Waals surface area contributed by atoms with Gasteiger partial charge in [-0.25, -0.2) is 14.8 Å². The van der Waals surface area contributed by atoms with E-state index in [-0.39, 0.29) is 5.97 Å². The molecule has 0 atom stereocenters. The third kappa shape index (κ3) is 1.95. The number of benzene rings is 1. The fourth-order valence-electron chi connectivity index (χ4n) is 1.93. The highest BCUT2D eigenvalue weighted by atomic mass is 16.5. The molecule has 0 aliphatic carbocycles. The van der Waals surface area contributed by atoms with Crippen LogP contribution >= 0.6 is 0 Å². The van der Waals surface area contributed by atoms with Gasteiger partial charge < -0.3 is 4.74 Å². The first-order valence-electron chi connectivity index (χ1n) is 5.76. The number of hydrogen-bond acceptors (Lipinski definition) is 4. The third-order valence-corrected chi connectivity index (χ3v) is 2.86. The Morgan fingerprint density at radius 1 is 1.21 bits per heavy atom. The largest absolute Gasteiger partial charge is 0.465 e. The van der Waals surface area contributed by atoms with E-state index in [0.29, 0.717) is 5.56 Å². The smallest absolute Gasteiger partial charge is 0.337 e. The minimum absolute atomic E-state index is 0.365. The van der Waals surface area contributed by atoms with E-state index >= 15 is 0 Å². The summed E-state index contributed by atoms with van der Waals surface area (Å²) in [4.78, 5) is 20.1. The molecular weight excluding hydrogens is 242 g/mol. The Bertz CT molecular complexity index is 735. The van der Waals surface area contributed by atoms with Crippen molar-refractivity contribution < 1.29 is 9.53 Å². The van der Waals surface area contributed by atoms with Gasteiger partial charge in [-0.3, -0.25) is 4.57 Å². The van der Waals surface area contributed by atoms with Crippen molar-refractivity contribution in [2.45, 2.75) is 0 Å². The Kier molecular flexibility index (Phi) is 2.72. The zero-order valence-electron chi connectivity index (χ0n) is 10.3. The van der Waals surface area contributed by atoms with E-state index in [1.807, 2.05) is 22.8 Å². The molecule has 19 heavy (non-hydrogen) atoms. The summed E-state index contributed by atoms with van der Waals surface area (Å²) in [5.74, 6) is 0.391. The highest BCUT2D eigenvalue weighted by Gasteiger charge is 2.10. The molecule has 0 saturated carbocycles. The number of fused-ring (bicyclic) bond motifs is 1. The minimum atomic E-state index is -0.365. The fraction of sp³-hybridized carbons (Fsp3) is 0.0714. The van der Waals surface area contributed by atoms with Gasteiger partial charge in [0, 0.05) is 6.20 Å². The maximum Gasteiger partial charge on any atom is 0.337 e. The molecule has 0 amide bonds. The summed E-state index contributed by atoms with van der Waals surface area (Å²) < 4.78 is 6.56. The van der Waals surface area contributed by atoms with E-state index in [1.165, 1.54) is 7.11 Å². The Morgan fingerprint density at radius 3 is 2.84 bits per heavy atom. The van der Waals surface area contributed by atoms with Gasteiger partial charge in [-0.1, -0.05) is 6.07 Å². The molecule has 3 rings (SSSR count). The molecule has 5 nitrogen and oxygen atoms in total. The Hall–Kier alpha value is -2.69.